The number of amides is 1. The topological polar surface area (TPSA) is 81.8 Å². The smallest absolute Gasteiger partial charge is 0.269 e. The van der Waals surface area contributed by atoms with Gasteiger partial charge in [-0.3, -0.25) is 14.3 Å². The van der Waals surface area contributed by atoms with Gasteiger partial charge in [0, 0.05) is 31.1 Å². The molecule has 0 spiro atoms. The van der Waals surface area contributed by atoms with Crippen molar-refractivity contribution >= 4 is 5.91 Å². The molecule has 1 amide bonds. The monoisotopic (exact) mass is 377 g/mol. The van der Waals surface area contributed by atoms with E-state index in [0.717, 1.165) is 29.8 Å². The van der Waals surface area contributed by atoms with Crippen LogP contribution in [0.1, 0.15) is 40.5 Å². The van der Waals surface area contributed by atoms with Crippen LogP contribution >= 0.6 is 0 Å². The minimum absolute atomic E-state index is 0.152. The van der Waals surface area contributed by atoms with Crippen molar-refractivity contribution in [3.63, 3.8) is 0 Å². The minimum atomic E-state index is -0.222. The molecule has 0 radical (unpaired) electrons. The molecule has 0 bridgehead atoms. The van der Waals surface area contributed by atoms with Gasteiger partial charge in [0.1, 0.15) is 5.69 Å². The maximum atomic E-state index is 12.5. The number of benzene rings is 1. The van der Waals surface area contributed by atoms with Crippen LogP contribution in [0, 0.1) is 6.92 Å². The van der Waals surface area contributed by atoms with E-state index >= 15 is 0 Å². The van der Waals surface area contributed by atoms with Gasteiger partial charge in [-0.2, -0.15) is 10.2 Å². The Bertz CT molecular complexity index is 1060. The molecule has 1 saturated carbocycles. The van der Waals surface area contributed by atoms with Gasteiger partial charge in [-0.05, 0) is 31.9 Å². The van der Waals surface area contributed by atoms with Crippen LogP contribution in [0.3, 0.4) is 0 Å². The van der Waals surface area contributed by atoms with E-state index in [9.17, 15) is 9.59 Å². The molecule has 1 aliphatic carbocycles. The van der Waals surface area contributed by atoms with Crippen LogP contribution in [-0.2, 0) is 13.6 Å². The molecule has 0 unspecified atom stereocenters. The van der Waals surface area contributed by atoms with Gasteiger partial charge in [-0.1, -0.05) is 29.8 Å². The Morgan fingerprint density at radius 3 is 2.61 bits per heavy atom. The summed E-state index contributed by atoms with van der Waals surface area (Å²) in [4.78, 5) is 24.5. The number of hydrogen-bond acceptors (Lipinski definition) is 4. The first-order valence-corrected chi connectivity index (χ1v) is 9.48. The molecule has 4 rings (SSSR count). The third kappa shape index (κ3) is 3.88. The lowest BCUT2D eigenvalue weighted by Crippen LogP contribution is -2.33. The van der Waals surface area contributed by atoms with Crippen molar-refractivity contribution in [1.29, 1.82) is 0 Å². The Kier molecular flexibility index (Phi) is 4.81. The summed E-state index contributed by atoms with van der Waals surface area (Å²) in [5, 5.41) is 11.7. The Balaban J connectivity index is 1.41. The van der Waals surface area contributed by atoms with Gasteiger partial charge in [0.15, 0.2) is 0 Å². The molecule has 1 fully saturated rings. The highest BCUT2D eigenvalue weighted by Gasteiger charge is 2.25. The van der Waals surface area contributed by atoms with Crippen molar-refractivity contribution in [2.45, 2.75) is 32.2 Å². The number of hydrogen-bond donors (Lipinski definition) is 1. The zero-order chi connectivity index (χ0) is 19.7. The van der Waals surface area contributed by atoms with Gasteiger partial charge in [-0.25, -0.2) is 4.68 Å². The number of aromatic nitrogens is 4. The van der Waals surface area contributed by atoms with E-state index in [1.807, 2.05) is 31.2 Å². The zero-order valence-electron chi connectivity index (χ0n) is 16.1. The Morgan fingerprint density at radius 2 is 1.89 bits per heavy atom. The quantitative estimate of drug-likeness (QED) is 0.714. The molecule has 1 aliphatic rings. The Labute approximate surface area is 163 Å². The first-order chi connectivity index (χ1) is 13.5. The number of carbonyl (C=O) groups excluding carboxylic acids is 1. The number of rotatable bonds is 6. The Morgan fingerprint density at radius 1 is 1.14 bits per heavy atom. The van der Waals surface area contributed by atoms with Crippen LogP contribution in [0.4, 0.5) is 0 Å². The second kappa shape index (κ2) is 7.42. The molecular weight excluding hydrogens is 354 g/mol. The van der Waals surface area contributed by atoms with E-state index in [2.05, 4.69) is 15.5 Å². The molecule has 1 N–H and O–H groups in total. The molecule has 1 aromatic carbocycles. The largest absolute Gasteiger partial charge is 0.349 e. The summed E-state index contributed by atoms with van der Waals surface area (Å²) in [5.74, 6) is 0.260. The predicted octanol–water partition coefficient (Wildman–Crippen LogP) is 2.26. The molecule has 0 aliphatic heterocycles. The molecule has 0 saturated heterocycles. The summed E-state index contributed by atoms with van der Waals surface area (Å²) < 4.78 is 3.00. The van der Waals surface area contributed by atoms with Gasteiger partial charge < -0.3 is 5.32 Å². The summed E-state index contributed by atoms with van der Waals surface area (Å²) in [7, 11) is 1.75. The predicted molar refractivity (Wildman–Crippen MR) is 106 cm³/mol. The van der Waals surface area contributed by atoms with Crippen molar-refractivity contribution in [2.75, 3.05) is 6.54 Å². The lowest BCUT2D eigenvalue weighted by atomic mass is 10.1. The van der Waals surface area contributed by atoms with E-state index in [1.165, 1.54) is 10.2 Å². The first-order valence-electron chi connectivity index (χ1n) is 9.48. The van der Waals surface area contributed by atoms with Gasteiger partial charge in [0.25, 0.3) is 11.5 Å². The molecule has 0 atom stereocenters. The average molecular weight is 377 g/mol. The summed E-state index contributed by atoms with van der Waals surface area (Å²) >= 11 is 0. The van der Waals surface area contributed by atoms with Crippen molar-refractivity contribution in [1.82, 2.24) is 24.9 Å². The SMILES string of the molecule is Cc1ccc(-c2cc(C(=O)NCCn3nc(C4CC4)ccc3=O)n(C)n2)cc1. The maximum absolute atomic E-state index is 12.5. The minimum Gasteiger partial charge on any atom is -0.349 e. The third-order valence-corrected chi connectivity index (χ3v) is 4.95. The molecular formula is C21H23N5O2. The zero-order valence-corrected chi connectivity index (χ0v) is 16.1. The van der Waals surface area contributed by atoms with Crippen molar-refractivity contribution in [3.05, 3.63) is 69.8 Å². The van der Waals surface area contributed by atoms with Crippen LogP contribution < -0.4 is 10.9 Å². The van der Waals surface area contributed by atoms with E-state index < -0.39 is 0 Å². The lowest BCUT2D eigenvalue weighted by molar-refractivity contribution is 0.0942. The van der Waals surface area contributed by atoms with Gasteiger partial charge in [0.2, 0.25) is 0 Å². The maximum Gasteiger partial charge on any atom is 0.269 e. The fraction of sp³-hybridized carbons (Fsp3) is 0.333. The molecule has 144 valence electrons. The second-order valence-corrected chi connectivity index (χ2v) is 7.25. The van der Waals surface area contributed by atoms with Crippen LogP contribution in [0.15, 0.2) is 47.3 Å². The Hall–Kier alpha value is -3.22. The van der Waals surface area contributed by atoms with Crippen molar-refractivity contribution in [2.24, 2.45) is 7.05 Å². The van der Waals surface area contributed by atoms with E-state index in [4.69, 9.17) is 0 Å². The lowest BCUT2D eigenvalue weighted by Gasteiger charge is -2.08. The molecule has 28 heavy (non-hydrogen) atoms. The highest BCUT2D eigenvalue weighted by Crippen LogP contribution is 2.38. The van der Waals surface area contributed by atoms with Gasteiger partial charge >= 0.3 is 0 Å². The van der Waals surface area contributed by atoms with Gasteiger partial charge in [0.05, 0.1) is 17.9 Å². The summed E-state index contributed by atoms with van der Waals surface area (Å²) in [6, 6.07) is 13.1. The van der Waals surface area contributed by atoms with Crippen LogP contribution in [0.5, 0.6) is 0 Å². The molecule has 7 nitrogen and oxygen atoms in total. The number of nitrogens with one attached hydrogen (secondary N) is 1. The molecule has 2 heterocycles. The standard InChI is InChI=1S/C21H23N5O2/c1-14-3-5-16(6-4-14)18-13-19(25(2)23-18)21(28)22-11-12-26-20(27)10-9-17(24-26)15-7-8-15/h3-6,9-10,13,15H,7-8,11-12H2,1-2H3,(H,22,28). The van der Waals surface area contributed by atoms with E-state index in [0.29, 0.717) is 24.7 Å². The highest BCUT2D eigenvalue weighted by atomic mass is 16.2. The highest BCUT2D eigenvalue weighted by molar-refractivity contribution is 5.93. The first kappa shape index (κ1) is 18.2. The molecule has 7 heteroatoms. The summed E-state index contributed by atoms with van der Waals surface area (Å²) in [5.41, 5.74) is 4.17. The third-order valence-electron chi connectivity index (χ3n) is 4.95. The number of nitrogens with zero attached hydrogens (tertiary/aromatic N) is 4. The fourth-order valence-electron chi connectivity index (χ4n) is 3.13. The number of carbonyl (C=O) groups is 1. The second-order valence-electron chi connectivity index (χ2n) is 7.25. The van der Waals surface area contributed by atoms with Crippen LogP contribution in [-0.4, -0.2) is 32.0 Å². The van der Waals surface area contributed by atoms with Gasteiger partial charge in [-0.15, -0.1) is 0 Å². The molecule has 2 aromatic heterocycles. The fourth-order valence-corrected chi connectivity index (χ4v) is 3.13. The number of aryl methyl sites for hydroxylation is 2. The normalized spacial score (nSPS) is 13.5. The van der Waals surface area contributed by atoms with Crippen LogP contribution in [0.2, 0.25) is 0 Å². The summed E-state index contributed by atoms with van der Waals surface area (Å²) in [6.45, 7) is 2.69. The van der Waals surface area contributed by atoms with Crippen LogP contribution in [0.25, 0.3) is 11.3 Å². The van der Waals surface area contributed by atoms with Crippen molar-refractivity contribution < 1.29 is 4.79 Å². The summed E-state index contributed by atoms with van der Waals surface area (Å²) in [6.07, 6.45) is 2.26. The average Bonchev–Trinajstić information content (AvgIpc) is 3.45. The van der Waals surface area contributed by atoms with E-state index in [1.54, 1.807) is 29.9 Å². The van der Waals surface area contributed by atoms with Crippen molar-refractivity contribution in [3.8, 4) is 11.3 Å². The molecule has 3 aromatic rings. The van der Waals surface area contributed by atoms with E-state index in [-0.39, 0.29) is 11.5 Å².